The number of hydrogen-bond acceptors (Lipinski definition) is 2. The van der Waals surface area contributed by atoms with Crippen LogP contribution < -0.4 is 5.32 Å². The molecule has 2 nitrogen and oxygen atoms in total. The van der Waals surface area contributed by atoms with Gasteiger partial charge in [-0.2, -0.15) is 0 Å². The zero-order valence-electron chi connectivity index (χ0n) is 10.3. The smallest absolute Gasteiger partial charge is 0.0410 e. The summed E-state index contributed by atoms with van der Waals surface area (Å²) in [4.78, 5) is 4.17. The van der Waals surface area contributed by atoms with Crippen LogP contribution in [0.15, 0.2) is 22.9 Å². The van der Waals surface area contributed by atoms with Gasteiger partial charge in [0, 0.05) is 29.5 Å². The molecule has 0 amide bonds. The predicted octanol–water partition coefficient (Wildman–Crippen LogP) is 3.37. The minimum atomic E-state index is 0.395. The molecule has 1 N–H and O–H groups in total. The molecule has 1 aliphatic rings. The predicted molar refractivity (Wildman–Crippen MR) is 70.1 cm³/mol. The minimum Gasteiger partial charge on any atom is -0.309 e. The van der Waals surface area contributed by atoms with E-state index in [0.717, 1.165) is 11.0 Å². The van der Waals surface area contributed by atoms with Crippen molar-refractivity contribution in [3.63, 3.8) is 0 Å². The lowest BCUT2D eigenvalue weighted by atomic mass is 10.0. The van der Waals surface area contributed by atoms with Gasteiger partial charge in [0.15, 0.2) is 0 Å². The highest BCUT2D eigenvalue weighted by molar-refractivity contribution is 9.10. The van der Waals surface area contributed by atoms with Gasteiger partial charge < -0.3 is 5.32 Å². The highest BCUT2D eigenvalue weighted by Gasteiger charge is 2.64. The van der Waals surface area contributed by atoms with Crippen molar-refractivity contribution in [2.75, 3.05) is 0 Å². The van der Waals surface area contributed by atoms with E-state index in [1.54, 1.807) is 0 Å². The normalized spacial score (nSPS) is 22.1. The van der Waals surface area contributed by atoms with E-state index in [9.17, 15) is 0 Å². The van der Waals surface area contributed by atoms with E-state index in [1.807, 2.05) is 12.4 Å². The van der Waals surface area contributed by atoms with Crippen molar-refractivity contribution >= 4 is 15.9 Å². The molecular formula is C13H19BrN2. The van der Waals surface area contributed by atoms with Gasteiger partial charge in [-0.15, -0.1) is 0 Å². The zero-order chi connectivity index (χ0) is 12.0. The lowest BCUT2D eigenvalue weighted by molar-refractivity contribution is 0.457. The second-order valence-corrected chi connectivity index (χ2v) is 6.68. The molecule has 1 aromatic rings. The summed E-state index contributed by atoms with van der Waals surface area (Å²) in [6, 6.07) is 2.71. The van der Waals surface area contributed by atoms with Crippen LogP contribution in [0.2, 0.25) is 0 Å². The van der Waals surface area contributed by atoms with E-state index in [-0.39, 0.29) is 0 Å². The highest BCUT2D eigenvalue weighted by atomic mass is 79.9. The van der Waals surface area contributed by atoms with Crippen LogP contribution in [0.5, 0.6) is 0 Å². The van der Waals surface area contributed by atoms with Gasteiger partial charge in [0.25, 0.3) is 0 Å². The molecule has 1 aliphatic carbocycles. The zero-order valence-corrected chi connectivity index (χ0v) is 11.9. The quantitative estimate of drug-likeness (QED) is 0.920. The Hall–Kier alpha value is -0.410. The van der Waals surface area contributed by atoms with E-state index >= 15 is 0 Å². The number of nitrogens with zero attached hydrogens (tertiary/aromatic N) is 1. The maximum atomic E-state index is 4.17. The number of halogens is 1. The number of hydrogen-bond donors (Lipinski definition) is 1. The van der Waals surface area contributed by atoms with Crippen molar-refractivity contribution in [2.24, 2.45) is 10.8 Å². The third-order valence-electron chi connectivity index (χ3n) is 4.29. The van der Waals surface area contributed by atoms with Crippen molar-refractivity contribution in [3.05, 3.63) is 28.5 Å². The Bertz CT molecular complexity index is 385. The Kier molecular flexibility index (Phi) is 2.87. The van der Waals surface area contributed by atoms with Gasteiger partial charge in [-0.1, -0.05) is 27.7 Å². The molecule has 1 saturated carbocycles. The molecule has 1 heterocycles. The molecule has 2 rings (SSSR count). The molecule has 0 aromatic carbocycles. The summed E-state index contributed by atoms with van der Waals surface area (Å²) in [5.74, 6) is 0. The molecule has 0 saturated heterocycles. The number of aromatic nitrogens is 1. The van der Waals surface area contributed by atoms with Gasteiger partial charge in [-0.05, 0) is 38.4 Å². The van der Waals surface area contributed by atoms with Crippen LogP contribution >= 0.6 is 15.9 Å². The Balaban J connectivity index is 1.95. The minimum absolute atomic E-state index is 0.395. The fourth-order valence-corrected chi connectivity index (χ4v) is 2.89. The van der Waals surface area contributed by atoms with Gasteiger partial charge in [-0.25, -0.2) is 0 Å². The van der Waals surface area contributed by atoms with Gasteiger partial charge in [0.05, 0.1) is 0 Å². The lowest BCUT2D eigenvalue weighted by Crippen LogP contribution is -2.21. The molecule has 0 unspecified atom stereocenters. The second kappa shape index (κ2) is 3.81. The summed E-state index contributed by atoms with van der Waals surface area (Å²) in [7, 11) is 0. The molecule has 0 aliphatic heterocycles. The summed E-state index contributed by atoms with van der Waals surface area (Å²) < 4.78 is 1.04. The van der Waals surface area contributed by atoms with E-state index in [1.165, 1.54) is 5.56 Å². The Morgan fingerprint density at radius 1 is 1.25 bits per heavy atom. The first-order chi connectivity index (χ1) is 7.35. The molecule has 0 bridgehead atoms. The van der Waals surface area contributed by atoms with Crippen LogP contribution in [0.4, 0.5) is 0 Å². The molecule has 1 aromatic heterocycles. The van der Waals surface area contributed by atoms with E-state index in [2.05, 4.69) is 60.0 Å². The average molecular weight is 283 g/mol. The molecule has 0 radical (unpaired) electrons. The van der Waals surface area contributed by atoms with Crippen molar-refractivity contribution in [3.8, 4) is 0 Å². The van der Waals surface area contributed by atoms with Gasteiger partial charge in [0.1, 0.15) is 0 Å². The topological polar surface area (TPSA) is 24.9 Å². The summed E-state index contributed by atoms with van der Waals surface area (Å²) in [5.41, 5.74) is 2.02. The summed E-state index contributed by atoms with van der Waals surface area (Å²) in [6.07, 6.45) is 3.73. The molecule has 88 valence electrons. The molecule has 16 heavy (non-hydrogen) atoms. The van der Waals surface area contributed by atoms with Crippen LogP contribution in [0.3, 0.4) is 0 Å². The van der Waals surface area contributed by atoms with Crippen molar-refractivity contribution in [1.29, 1.82) is 0 Å². The van der Waals surface area contributed by atoms with Crippen molar-refractivity contribution in [2.45, 2.75) is 40.3 Å². The molecule has 0 spiro atoms. The maximum absolute atomic E-state index is 4.17. The average Bonchev–Trinajstić information content (AvgIpc) is 2.55. The van der Waals surface area contributed by atoms with Crippen LogP contribution in [-0.4, -0.2) is 11.0 Å². The Labute approximate surface area is 106 Å². The fourth-order valence-electron chi connectivity index (χ4n) is 2.48. The molecule has 0 atom stereocenters. The monoisotopic (exact) mass is 282 g/mol. The third kappa shape index (κ3) is 1.91. The fraction of sp³-hybridized carbons (Fsp3) is 0.615. The van der Waals surface area contributed by atoms with Crippen LogP contribution in [-0.2, 0) is 6.54 Å². The van der Waals surface area contributed by atoms with Crippen LogP contribution in [0, 0.1) is 10.8 Å². The second-order valence-electron chi connectivity index (χ2n) is 5.77. The van der Waals surface area contributed by atoms with Gasteiger partial charge in [-0.3, -0.25) is 4.98 Å². The maximum Gasteiger partial charge on any atom is 0.0410 e. The first-order valence-corrected chi connectivity index (χ1v) is 6.48. The number of pyridine rings is 1. The summed E-state index contributed by atoms with van der Waals surface area (Å²) in [6.45, 7) is 10.2. The van der Waals surface area contributed by atoms with E-state index in [0.29, 0.717) is 16.9 Å². The van der Waals surface area contributed by atoms with Gasteiger partial charge >= 0.3 is 0 Å². The molecule has 3 heteroatoms. The van der Waals surface area contributed by atoms with E-state index < -0.39 is 0 Å². The Morgan fingerprint density at radius 3 is 2.38 bits per heavy atom. The van der Waals surface area contributed by atoms with Gasteiger partial charge in [0.2, 0.25) is 0 Å². The van der Waals surface area contributed by atoms with Crippen LogP contribution in [0.25, 0.3) is 0 Å². The van der Waals surface area contributed by atoms with Crippen LogP contribution in [0.1, 0.15) is 33.3 Å². The summed E-state index contributed by atoms with van der Waals surface area (Å²) >= 11 is 3.44. The summed E-state index contributed by atoms with van der Waals surface area (Å²) in [5, 5.41) is 3.62. The van der Waals surface area contributed by atoms with Crippen molar-refractivity contribution in [1.82, 2.24) is 10.3 Å². The first kappa shape index (κ1) is 12.1. The SMILES string of the molecule is CC1(C)C(NCc2cncc(Br)c2)C1(C)C. The molecular weight excluding hydrogens is 264 g/mol. The number of rotatable bonds is 3. The number of nitrogens with one attached hydrogen (secondary N) is 1. The largest absolute Gasteiger partial charge is 0.309 e. The molecule has 1 fully saturated rings. The third-order valence-corrected chi connectivity index (χ3v) is 4.73. The Morgan fingerprint density at radius 2 is 1.88 bits per heavy atom. The first-order valence-electron chi connectivity index (χ1n) is 5.68. The highest BCUT2D eigenvalue weighted by Crippen LogP contribution is 2.62. The standard InChI is InChI=1S/C13H19BrN2/c1-12(2)11(13(12,3)4)16-7-9-5-10(14)8-15-6-9/h5-6,8,11,16H,7H2,1-4H3. The van der Waals surface area contributed by atoms with E-state index in [4.69, 9.17) is 0 Å². The van der Waals surface area contributed by atoms with Crippen molar-refractivity contribution < 1.29 is 0 Å². The lowest BCUT2D eigenvalue weighted by Gasteiger charge is -2.06.